The van der Waals surface area contributed by atoms with Gasteiger partial charge >= 0.3 is 0 Å². The van der Waals surface area contributed by atoms with Gasteiger partial charge in [0.2, 0.25) is 5.89 Å². The smallest absolute Gasteiger partial charge is 0.229 e. The molecule has 6 rings (SSSR count). The summed E-state index contributed by atoms with van der Waals surface area (Å²) < 4.78 is 33.5. The molecule has 0 unspecified atom stereocenters. The molecule has 0 spiro atoms. The molecule has 2 aromatic carbocycles. The fraction of sp³-hybridized carbons (Fsp3) is 0.370. The second kappa shape index (κ2) is 9.34. The number of benzene rings is 2. The van der Waals surface area contributed by atoms with Crippen LogP contribution in [-0.2, 0) is 6.54 Å². The van der Waals surface area contributed by atoms with Crippen LogP contribution in [-0.4, -0.2) is 46.2 Å². The molecule has 2 aromatic heterocycles. The summed E-state index contributed by atoms with van der Waals surface area (Å²) in [5.41, 5.74) is 2.72. The molecule has 1 aliphatic carbocycles. The van der Waals surface area contributed by atoms with Crippen LogP contribution in [0.5, 0.6) is 0 Å². The largest absolute Gasteiger partial charge is 0.368 e. The Morgan fingerprint density at radius 3 is 2.60 bits per heavy atom. The van der Waals surface area contributed by atoms with Crippen molar-refractivity contribution in [1.29, 1.82) is 0 Å². The highest BCUT2D eigenvalue weighted by Crippen LogP contribution is 2.33. The summed E-state index contributed by atoms with van der Waals surface area (Å²) in [7, 11) is 0. The van der Waals surface area contributed by atoms with E-state index in [1.165, 1.54) is 18.9 Å². The van der Waals surface area contributed by atoms with Crippen LogP contribution in [0.4, 0.5) is 14.5 Å². The summed E-state index contributed by atoms with van der Waals surface area (Å²) in [6.45, 7) is 4.22. The fourth-order valence-electron chi connectivity index (χ4n) is 5.31. The lowest BCUT2D eigenvalue weighted by molar-refractivity contribution is 0.240. The summed E-state index contributed by atoms with van der Waals surface area (Å²) in [6.07, 6.45) is 6.57. The molecule has 2 aliphatic rings. The lowest BCUT2D eigenvalue weighted by Gasteiger charge is -2.36. The molecular weight excluding hydrogens is 448 g/mol. The molecule has 8 heteroatoms. The normalized spacial score (nSPS) is 17.5. The van der Waals surface area contributed by atoms with Crippen LogP contribution in [0.1, 0.15) is 43.3 Å². The lowest BCUT2D eigenvalue weighted by Crippen LogP contribution is -2.46. The number of anilines is 1. The van der Waals surface area contributed by atoms with E-state index in [-0.39, 0.29) is 5.56 Å². The number of hydrogen-bond donors (Lipinski definition) is 0. The number of hydrogen-bond acceptors (Lipinski definition) is 6. The molecule has 1 saturated heterocycles. The summed E-state index contributed by atoms with van der Waals surface area (Å²) in [6, 6.07) is 11.1. The minimum absolute atomic E-state index is 0.241. The zero-order valence-electron chi connectivity index (χ0n) is 19.5. The molecule has 0 atom stereocenters. The molecule has 2 fully saturated rings. The van der Waals surface area contributed by atoms with Crippen LogP contribution in [0.3, 0.4) is 0 Å². The van der Waals surface area contributed by atoms with E-state index in [1.807, 2.05) is 24.3 Å². The molecule has 0 bridgehead atoms. The zero-order valence-corrected chi connectivity index (χ0v) is 19.5. The van der Waals surface area contributed by atoms with Gasteiger partial charge in [-0.15, -0.1) is 0 Å². The van der Waals surface area contributed by atoms with Gasteiger partial charge in [0.1, 0.15) is 11.6 Å². The van der Waals surface area contributed by atoms with Crippen LogP contribution in [0.15, 0.2) is 53.2 Å². The van der Waals surface area contributed by atoms with E-state index >= 15 is 0 Å². The molecule has 35 heavy (non-hydrogen) atoms. The van der Waals surface area contributed by atoms with E-state index in [4.69, 9.17) is 4.52 Å². The van der Waals surface area contributed by atoms with Crippen molar-refractivity contribution in [2.75, 3.05) is 31.1 Å². The van der Waals surface area contributed by atoms with E-state index in [9.17, 15) is 8.78 Å². The number of nitrogens with zero attached hydrogens (tertiary/aromatic N) is 5. The molecule has 4 aromatic rings. The highest BCUT2D eigenvalue weighted by molar-refractivity contribution is 5.94. The van der Waals surface area contributed by atoms with Crippen molar-refractivity contribution in [3.63, 3.8) is 0 Å². The number of pyridine rings is 1. The average Bonchev–Trinajstić information content (AvgIpc) is 3.58. The van der Waals surface area contributed by atoms with Crippen LogP contribution in [0, 0.1) is 11.6 Å². The van der Waals surface area contributed by atoms with Crippen molar-refractivity contribution < 1.29 is 13.3 Å². The van der Waals surface area contributed by atoms with Crippen LogP contribution in [0.25, 0.3) is 22.0 Å². The van der Waals surface area contributed by atoms with Crippen molar-refractivity contribution in [3.8, 4) is 11.1 Å². The van der Waals surface area contributed by atoms with Crippen LogP contribution in [0.2, 0.25) is 0 Å². The number of halogens is 2. The first-order valence-corrected chi connectivity index (χ1v) is 12.3. The lowest BCUT2D eigenvalue weighted by atomic mass is 10.0. The fourth-order valence-corrected chi connectivity index (χ4v) is 5.31. The predicted octanol–water partition coefficient (Wildman–Crippen LogP) is 5.54. The molecule has 0 amide bonds. The van der Waals surface area contributed by atoms with E-state index in [2.05, 4.69) is 24.9 Å². The Morgan fingerprint density at radius 2 is 1.77 bits per heavy atom. The molecule has 0 N–H and O–H groups in total. The summed E-state index contributed by atoms with van der Waals surface area (Å²) in [5, 5.41) is 5.22. The van der Waals surface area contributed by atoms with Gasteiger partial charge < -0.3 is 9.42 Å². The number of rotatable bonds is 5. The molecule has 0 radical (unpaired) electrons. The Balaban J connectivity index is 1.15. The Morgan fingerprint density at radius 1 is 0.943 bits per heavy atom. The minimum atomic E-state index is -0.461. The molecule has 1 aliphatic heterocycles. The highest BCUT2D eigenvalue weighted by atomic mass is 19.1. The zero-order chi connectivity index (χ0) is 23.8. The third-order valence-corrected chi connectivity index (χ3v) is 7.23. The minimum Gasteiger partial charge on any atom is -0.368 e. The second-order valence-electron chi connectivity index (χ2n) is 9.48. The molecular formula is C27H27F2N5O. The second-order valence-corrected chi connectivity index (χ2v) is 9.48. The van der Waals surface area contributed by atoms with Gasteiger partial charge in [-0.2, -0.15) is 4.98 Å². The molecule has 3 heterocycles. The van der Waals surface area contributed by atoms with Crippen molar-refractivity contribution in [2.45, 2.75) is 38.1 Å². The monoisotopic (exact) mass is 475 g/mol. The van der Waals surface area contributed by atoms with Gasteiger partial charge in [0, 0.05) is 54.9 Å². The number of fused-ring (bicyclic) bond motifs is 1. The quantitative estimate of drug-likeness (QED) is 0.378. The standard InChI is InChI=1S/C27H27F2N5O/c28-20-6-8-23(29)22(16-20)19-5-7-21-24(15-19)30-10-9-25(21)34-13-11-33(12-14-34)17-26-31-27(35-32-26)18-3-1-2-4-18/h5-10,15-16,18H,1-4,11-14,17H2. The highest BCUT2D eigenvalue weighted by Gasteiger charge is 2.25. The van der Waals surface area contributed by atoms with Gasteiger partial charge in [0.15, 0.2) is 5.82 Å². The summed E-state index contributed by atoms with van der Waals surface area (Å²) >= 11 is 0. The molecule has 6 nitrogen and oxygen atoms in total. The van der Waals surface area contributed by atoms with Crippen molar-refractivity contribution >= 4 is 16.6 Å². The van der Waals surface area contributed by atoms with Gasteiger partial charge in [-0.25, -0.2) is 8.78 Å². The Bertz CT molecular complexity index is 1340. The van der Waals surface area contributed by atoms with Crippen LogP contribution < -0.4 is 4.90 Å². The van der Waals surface area contributed by atoms with Crippen molar-refractivity contribution in [1.82, 2.24) is 20.0 Å². The van der Waals surface area contributed by atoms with Gasteiger partial charge in [0.25, 0.3) is 0 Å². The molecule has 180 valence electrons. The van der Waals surface area contributed by atoms with Crippen molar-refractivity contribution in [3.05, 3.63) is 72.0 Å². The first-order valence-electron chi connectivity index (χ1n) is 12.3. The maximum atomic E-state index is 14.3. The van der Waals surface area contributed by atoms with E-state index in [1.54, 1.807) is 6.20 Å². The predicted molar refractivity (Wildman–Crippen MR) is 130 cm³/mol. The van der Waals surface area contributed by atoms with E-state index < -0.39 is 11.6 Å². The summed E-state index contributed by atoms with van der Waals surface area (Å²) in [5.74, 6) is 1.10. The SMILES string of the molecule is Fc1ccc(F)c(-c2ccc3c(N4CCN(Cc5noc(C6CCCC6)n5)CC4)ccnc3c2)c1. The number of piperazine rings is 1. The number of aromatic nitrogens is 3. The van der Waals surface area contributed by atoms with Gasteiger partial charge in [-0.3, -0.25) is 9.88 Å². The van der Waals surface area contributed by atoms with Gasteiger partial charge in [0.05, 0.1) is 12.1 Å². The third-order valence-electron chi connectivity index (χ3n) is 7.23. The maximum absolute atomic E-state index is 14.3. The first kappa shape index (κ1) is 22.1. The van der Waals surface area contributed by atoms with Crippen LogP contribution >= 0.6 is 0 Å². The Labute approximate surface area is 202 Å². The summed E-state index contributed by atoms with van der Waals surface area (Å²) in [4.78, 5) is 13.9. The molecule has 1 saturated carbocycles. The first-order chi connectivity index (χ1) is 17.1. The third kappa shape index (κ3) is 4.50. The maximum Gasteiger partial charge on any atom is 0.229 e. The average molecular weight is 476 g/mol. The van der Waals surface area contributed by atoms with E-state index in [0.29, 0.717) is 18.0 Å². The Hall–Kier alpha value is -3.39. The van der Waals surface area contributed by atoms with Gasteiger partial charge in [-0.05, 0) is 48.7 Å². The topological polar surface area (TPSA) is 58.3 Å². The van der Waals surface area contributed by atoms with E-state index in [0.717, 1.165) is 79.5 Å². The Kier molecular flexibility index (Phi) is 5.90. The van der Waals surface area contributed by atoms with Gasteiger partial charge in [-0.1, -0.05) is 30.1 Å². The van der Waals surface area contributed by atoms with Crippen molar-refractivity contribution in [2.24, 2.45) is 0 Å².